The van der Waals surface area contributed by atoms with Crippen LogP contribution in [0, 0.1) is 0 Å². The smallest absolute Gasteiger partial charge is 0.309 e. The molecule has 0 aliphatic heterocycles. The predicted octanol–water partition coefficient (Wildman–Crippen LogP) is -2.02. The molecule has 7 nitrogen and oxygen atoms in total. The molecule has 17 heavy (non-hydrogen) atoms. The summed E-state index contributed by atoms with van der Waals surface area (Å²) in [5, 5.41) is 4.54. The van der Waals surface area contributed by atoms with Gasteiger partial charge in [0.2, 0.25) is 5.91 Å². The van der Waals surface area contributed by atoms with Gasteiger partial charge in [-0.2, -0.15) is 0 Å². The number of amides is 3. The molecule has 0 aromatic heterocycles. The van der Waals surface area contributed by atoms with E-state index in [9.17, 15) is 14.4 Å². The number of nitrogens with two attached hydrogens (primary N) is 1. The number of hydrogen-bond donors (Lipinski definition) is 3. The van der Waals surface area contributed by atoms with Gasteiger partial charge >= 0.3 is 11.8 Å². The molecule has 0 radical (unpaired) electrons. The Morgan fingerprint density at radius 3 is 2.18 bits per heavy atom. The van der Waals surface area contributed by atoms with Crippen molar-refractivity contribution in [2.75, 3.05) is 27.2 Å². The van der Waals surface area contributed by atoms with E-state index in [0.29, 0.717) is 0 Å². The van der Waals surface area contributed by atoms with Crippen LogP contribution in [0.2, 0.25) is 0 Å². The third kappa shape index (κ3) is 7.23. The topological polar surface area (TPSA) is 105 Å². The molecule has 0 aromatic rings. The molecule has 0 spiro atoms. The zero-order valence-corrected chi connectivity index (χ0v) is 10.6. The van der Waals surface area contributed by atoms with Gasteiger partial charge in [0.1, 0.15) is 0 Å². The van der Waals surface area contributed by atoms with Crippen molar-refractivity contribution < 1.29 is 14.4 Å². The van der Waals surface area contributed by atoms with Crippen molar-refractivity contribution in [3.8, 4) is 0 Å². The molecule has 3 amide bonds. The molecule has 0 aliphatic carbocycles. The minimum atomic E-state index is -0.824. The SMILES string of the molecule is CN(C)C(=O)CCNC(=O)C(=O)NCC(N)=S. The molecule has 0 bridgehead atoms. The Kier molecular flexibility index (Phi) is 6.80. The maximum Gasteiger partial charge on any atom is 0.309 e. The van der Waals surface area contributed by atoms with Crippen molar-refractivity contribution in [2.45, 2.75) is 6.42 Å². The van der Waals surface area contributed by atoms with Crippen molar-refractivity contribution in [3.63, 3.8) is 0 Å². The summed E-state index contributed by atoms with van der Waals surface area (Å²) in [7, 11) is 3.22. The summed E-state index contributed by atoms with van der Waals surface area (Å²) in [4.78, 5) is 34.9. The van der Waals surface area contributed by atoms with Crippen LogP contribution >= 0.6 is 12.2 Å². The fourth-order valence-electron chi connectivity index (χ4n) is 0.835. The van der Waals surface area contributed by atoms with Gasteiger partial charge in [0, 0.05) is 27.1 Å². The summed E-state index contributed by atoms with van der Waals surface area (Å²) in [5.41, 5.74) is 5.15. The molecule has 0 saturated carbocycles. The van der Waals surface area contributed by atoms with Crippen LogP contribution in [0.3, 0.4) is 0 Å². The molecular formula is C9H16N4O3S. The number of hydrogen-bond acceptors (Lipinski definition) is 4. The Hall–Kier alpha value is -1.70. The van der Waals surface area contributed by atoms with Gasteiger partial charge in [-0.15, -0.1) is 0 Å². The minimum absolute atomic E-state index is 0.0295. The molecule has 0 saturated heterocycles. The second-order valence-corrected chi connectivity index (χ2v) is 3.97. The van der Waals surface area contributed by atoms with Crippen LogP contribution in [0.1, 0.15) is 6.42 Å². The molecule has 0 fully saturated rings. The van der Waals surface area contributed by atoms with Crippen molar-refractivity contribution in [1.29, 1.82) is 0 Å². The van der Waals surface area contributed by atoms with Gasteiger partial charge in [-0.25, -0.2) is 0 Å². The van der Waals surface area contributed by atoms with Crippen LogP contribution in [0.25, 0.3) is 0 Å². The van der Waals surface area contributed by atoms with Crippen molar-refractivity contribution >= 4 is 34.9 Å². The Balaban J connectivity index is 3.82. The monoisotopic (exact) mass is 260 g/mol. The number of thiocarbonyl (C=S) groups is 1. The van der Waals surface area contributed by atoms with Gasteiger partial charge in [0.25, 0.3) is 0 Å². The van der Waals surface area contributed by atoms with E-state index < -0.39 is 11.8 Å². The van der Waals surface area contributed by atoms with Gasteiger partial charge in [-0.05, 0) is 0 Å². The summed E-state index contributed by atoms with van der Waals surface area (Å²) < 4.78 is 0. The summed E-state index contributed by atoms with van der Waals surface area (Å²) in [6.07, 6.45) is 0.140. The van der Waals surface area contributed by atoms with E-state index >= 15 is 0 Å². The third-order valence-electron chi connectivity index (χ3n) is 1.75. The van der Waals surface area contributed by atoms with E-state index in [1.165, 1.54) is 4.90 Å². The fraction of sp³-hybridized carbons (Fsp3) is 0.556. The average molecular weight is 260 g/mol. The van der Waals surface area contributed by atoms with Gasteiger partial charge < -0.3 is 21.3 Å². The van der Waals surface area contributed by atoms with E-state index in [2.05, 4.69) is 22.9 Å². The number of carbonyl (C=O) groups is 3. The van der Waals surface area contributed by atoms with E-state index in [1.807, 2.05) is 0 Å². The third-order valence-corrected chi connectivity index (χ3v) is 1.90. The molecular weight excluding hydrogens is 244 g/mol. The molecule has 0 heterocycles. The first-order valence-corrected chi connectivity index (χ1v) is 5.30. The molecule has 96 valence electrons. The molecule has 0 aliphatic rings. The standard InChI is InChI=1S/C9H16N4O3S/c1-13(2)7(14)3-4-11-8(15)9(16)12-5-6(10)17/h3-5H2,1-2H3,(H2,10,17)(H,11,15)(H,12,16). The number of carbonyl (C=O) groups excluding carboxylic acids is 3. The second kappa shape index (κ2) is 7.55. The molecule has 0 atom stereocenters. The summed E-state index contributed by atoms with van der Waals surface area (Å²) >= 11 is 4.53. The first-order valence-electron chi connectivity index (χ1n) is 4.89. The van der Waals surface area contributed by atoms with Gasteiger partial charge in [0.15, 0.2) is 0 Å². The number of rotatable bonds is 5. The molecule has 4 N–H and O–H groups in total. The second-order valence-electron chi connectivity index (χ2n) is 3.44. The maximum atomic E-state index is 11.2. The Labute approximate surface area is 105 Å². The zero-order valence-electron chi connectivity index (χ0n) is 9.78. The lowest BCUT2D eigenvalue weighted by molar-refractivity contribution is -0.139. The molecule has 0 aromatic carbocycles. The largest absolute Gasteiger partial charge is 0.392 e. The highest BCUT2D eigenvalue weighted by atomic mass is 32.1. The highest BCUT2D eigenvalue weighted by Gasteiger charge is 2.13. The van der Waals surface area contributed by atoms with Crippen LogP contribution in [-0.2, 0) is 14.4 Å². The number of nitrogens with one attached hydrogen (secondary N) is 2. The van der Waals surface area contributed by atoms with Crippen LogP contribution < -0.4 is 16.4 Å². The van der Waals surface area contributed by atoms with Crippen molar-refractivity contribution in [2.24, 2.45) is 5.73 Å². The lowest BCUT2D eigenvalue weighted by atomic mass is 10.3. The van der Waals surface area contributed by atoms with Crippen LogP contribution in [0.5, 0.6) is 0 Å². The lowest BCUT2D eigenvalue weighted by Crippen LogP contribution is -2.43. The molecule has 8 heteroatoms. The molecule has 0 unspecified atom stereocenters. The predicted molar refractivity (Wildman–Crippen MR) is 66.1 cm³/mol. The van der Waals surface area contributed by atoms with E-state index in [4.69, 9.17) is 5.73 Å². The Morgan fingerprint density at radius 1 is 1.18 bits per heavy atom. The summed E-state index contributed by atoms with van der Waals surface area (Å²) in [6.45, 7) is 0.0779. The highest BCUT2D eigenvalue weighted by molar-refractivity contribution is 7.80. The first kappa shape index (κ1) is 15.3. The van der Waals surface area contributed by atoms with Gasteiger partial charge in [-0.3, -0.25) is 14.4 Å². The maximum absolute atomic E-state index is 11.2. The van der Waals surface area contributed by atoms with Crippen LogP contribution in [0.15, 0.2) is 0 Å². The summed E-state index contributed by atoms with van der Waals surface area (Å²) in [5.74, 6) is -1.77. The van der Waals surface area contributed by atoms with Crippen LogP contribution in [-0.4, -0.2) is 54.8 Å². The fourth-order valence-corrected chi connectivity index (χ4v) is 0.907. The first-order chi connectivity index (χ1) is 7.84. The van der Waals surface area contributed by atoms with E-state index in [0.717, 1.165) is 0 Å². The normalized spacial score (nSPS) is 9.29. The van der Waals surface area contributed by atoms with E-state index in [-0.39, 0.29) is 30.4 Å². The Morgan fingerprint density at radius 2 is 1.71 bits per heavy atom. The van der Waals surface area contributed by atoms with Gasteiger partial charge in [-0.1, -0.05) is 12.2 Å². The lowest BCUT2D eigenvalue weighted by Gasteiger charge is -2.10. The van der Waals surface area contributed by atoms with E-state index in [1.54, 1.807) is 14.1 Å². The number of nitrogens with zero attached hydrogens (tertiary/aromatic N) is 1. The van der Waals surface area contributed by atoms with Crippen LogP contribution in [0.4, 0.5) is 0 Å². The zero-order chi connectivity index (χ0) is 13.4. The van der Waals surface area contributed by atoms with Crippen molar-refractivity contribution in [3.05, 3.63) is 0 Å². The van der Waals surface area contributed by atoms with Gasteiger partial charge in [0.05, 0.1) is 11.5 Å². The summed E-state index contributed by atoms with van der Waals surface area (Å²) in [6, 6.07) is 0. The quantitative estimate of drug-likeness (QED) is 0.391. The van der Waals surface area contributed by atoms with Crippen molar-refractivity contribution in [1.82, 2.24) is 15.5 Å². The molecule has 0 rings (SSSR count). The highest BCUT2D eigenvalue weighted by Crippen LogP contribution is 1.84. The average Bonchev–Trinajstić information content (AvgIpc) is 2.25. The minimum Gasteiger partial charge on any atom is -0.392 e. The Bertz CT molecular complexity index is 330.